The zero-order valence-corrected chi connectivity index (χ0v) is 11.1. The van der Waals surface area contributed by atoms with Crippen molar-refractivity contribution in [1.29, 1.82) is 0 Å². The van der Waals surface area contributed by atoms with Crippen molar-refractivity contribution in [3.05, 3.63) is 52.7 Å². The first kappa shape index (κ1) is 12.3. The molecule has 0 amide bonds. The van der Waals surface area contributed by atoms with Gasteiger partial charge in [-0.05, 0) is 36.8 Å². The number of aromatic nitrogens is 1. The number of aryl methyl sites for hydroxylation is 1. The van der Waals surface area contributed by atoms with Gasteiger partial charge in [-0.1, -0.05) is 23.7 Å². The molecular formula is C13H13ClN2S. The highest BCUT2D eigenvalue weighted by atomic mass is 35.5. The molecule has 0 atom stereocenters. The monoisotopic (exact) mass is 264 g/mol. The molecule has 2 nitrogen and oxygen atoms in total. The van der Waals surface area contributed by atoms with E-state index in [-0.39, 0.29) is 0 Å². The molecule has 0 aliphatic rings. The lowest BCUT2D eigenvalue weighted by Crippen LogP contribution is -1.93. The molecule has 88 valence electrons. The SMILES string of the molecule is Cc1nc(SCc2ccc(Cl)cc2)ccc1N. The van der Waals surface area contributed by atoms with Crippen LogP contribution in [-0.4, -0.2) is 4.98 Å². The summed E-state index contributed by atoms with van der Waals surface area (Å²) >= 11 is 7.53. The van der Waals surface area contributed by atoms with Gasteiger partial charge in [0.15, 0.2) is 0 Å². The average Bonchev–Trinajstić information content (AvgIpc) is 2.33. The maximum Gasteiger partial charge on any atom is 0.0967 e. The number of benzene rings is 1. The third-order valence-corrected chi connectivity index (χ3v) is 3.65. The van der Waals surface area contributed by atoms with Gasteiger partial charge in [0.2, 0.25) is 0 Å². The summed E-state index contributed by atoms with van der Waals surface area (Å²) in [6.45, 7) is 1.92. The van der Waals surface area contributed by atoms with E-state index in [0.29, 0.717) is 0 Å². The van der Waals surface area contributed by atoms with Crippen molar-refractivity contribution in [3.8, 4) is 0 Å². The highest BCUT2D eigenvalue weighted by Gasteiger charge is 2.00. The number of pyridine rings is 1. The van der Waals surface area contributed by atoms with E-state index >= 15 is 0 Å². The first-order valence-electron chi connectivity index (χ1n) is 5.25. The van der Waals surface area contributed by atoms with Crippen LogP contribution in [0, 0.1) is 6.92 Å². The fourth-order valence-electron chi connectivity index (χ4n) is 1.37. The maximum absolute atomic E-state index is 5.83. The molecule has 2 aromatic rings. The van der Waals surface area contributed by atoms with E-state index in [2.05, 4.69) is 4.98 Å². The van der Waals surface area contributed by atoms with Gasteiger partial charge in [-0.25, -0.2) is 4.98 Å². The van der Waals surface area contributed by atoms with E-state index in [4.69, 9.17) is 17.3 Å². The molecule has 4 heteroatoms. The van der Waals surface area contributed by atoms with E-state index in [1.54, 1.807) is 11.8 Å². The summed E-state index contributed by atoms with van der Waals surface area (Å²) in [5.74, 6) is 0.882. The van der Waals surface area contributed by atoms with Crippen molar-refractivity contribution in [2.75, 3.05) is 5.73 Å². The molecule has 0 radical (unpaired) electrons. The summed E-state index contributed by atoms with van der Waals surface area (Å²) in [5, 5.41) is 1.76. The second-order valence-electron chi connectivity index (χ2n) is 3.74. The first-order valence-corrected chi connectivity index (χ1v) is 6.62. The molecule has 2 N–H and O–H groups in total. The molecular weight excluding hydrogens is 252 g/mol. The molecule has 0 aliphatic carbocycles. The highest BCUT2D eigenvalue weighted by Crippen LogP contribution is 2.23. The molecule has 1 aromatic carbocycles. The Morgan fingerprint density at radius 2 is 1.88 bits per heavy atom. The zero-order valence-electron chi connectivity index (χ0n) is 9.48. The van der Waals surface area contributed by atoms with Gasteiger partial charge in [-0.15, -0.1) is 11.8 Å². The summed E-state index contributed by atoms with van der Waals surface area (Å²) in [7, 11) is 0. The Hall–Kier alpha value is -1.19. The zero-order chi connectivity index (χ0) is 12.3. The normalized spacial score (nSPS) is 10.5. The fourth-order valence-corrected chi connectivity index (χ4v) is 2.37. The minimum Gasteiger partial charge on any atom is -0.397 e. The third-order valence-electron chi connectivity index (χ3n) is 2.40. The van der Waals surface area contributed by atoms with E-state index in [1.807, 2.05) is 43.3 Å². The van der Waals surface area contributed by atoms with Gasteiger partial charge >= 0.3 is 0 Å². The number of hydrogen-bond donors (Lipinski definition) is 1. The third kappa shape index (κ3) is 3.38. The van der Waals surface area contributed by atoms with Crippen LogP contribution in [0.25, 0.3) is 0 Å². The Morgan fingerprint density at radius 1 is 1.18 bits per heavy atom. The number of hydrogen-bond acceptors (Lipinski definition) is 3. The molecule has 0 aliphatic heterocycles. The lowest BCUT2D eigenvalue weighted by atomic mass is 10.2. The minimum atomic E-state index is 0.737. The van der Waals surface area contributed by atoms with E-state index in [0.717, 1.165) is 27.2 Å². The van der Waals surface area contributed by atoms with Crippen LogP contribution in [0.1, 0.15) is 11.3 Å². The molecule has 17 heavy (non-hydrogen) atoms. The number of thioether (sulfide) groups is 1. The van der Waals surface area contributed by atoms with Gasteiger partial charge in [0.1, 0.15) is 0 Å². The Kier molecular flexibility index (Phi) is 3.92. The largest absolute Gasteiger partial charge is 0.397 e. The number of nitrogens with zero attached hydrogens (tertiary/aromatic N) is 1. The number of anilines is 1. The number of nitrogen functional groups attached to an aromatic ring is 1. The van der Waals surface area contributed by atoms with Crippen LogP contribution in [0.3, 0.4) is 0 Å². The number of nitrogens with two attached hydrogens (primary N) is 1. The van der Waals surface area contributed by atoms with Gasteiger partial charge in [0, 0.05) is 10.8 Å². The van der Waals surface area contributed by atoms with E-state index < -0.39 is 0 Å². The molecule has 1 heterocycles. The van der Waals surface area contributed by atoms with Crippen LogP contribution in [-0.2, 0) is 5.75 Å². The van der Waals surface area contributed by atoms with Gasteiger partial charge in [0.05, 0.1) is 16.4 Å². The fraction of sp³-hybridized carbons (Fsp3) is 0.154. The van der Waals surface area contributed by atoms with E-state index in [1.165, 1.54) is 5.56 Å². The van der Waals surface area contributed by atoms with Gasteiger partial charge < -0.3 is 5.73 Å². The summed E-state index contributed by atoms with van der Waals surface area (Å²) in [5.41, 5.74) is 8.58. The average molecular weight is 265 g/mol. The lowest BCUT2D eigenvalue weighted by Gasteiger charge is -2.04. The molecule has 1 aromatic heterocycles. The van der Waals surface area contributed by atoms with Crippen LogP contribution in [0.4, 0.5) is 5.69 Å². The minimum absolute atomic E-state index is 0.737. The maximum atomic E-state index is 5.83. The lowest BCUT2D eigenvalue weighted by molar-refractivity contribution is 1.07. The van der Waals surface area contributed by atoms with Crippen molar-refractivity contribution >= 4 is 29.1 Å². The van der Waals surface area contributed by atoms with Gasteiger partial charge in [-0.2, -0.15) is 0 Å². The number of rotatable bonds is 3. The quantitative estimate of drug-likeness (QED) is 0.854. The highest BCUT2D eigenvalue weighted by molar-refractivity contribution is 7.98. The molecule has 0 bridgehead atoms. The Labute approximate surface area is 110 Å². The van der Waals surface area contributed by atoms with Crippen LogP contribution in [0.5, 0.6) is 0 Å². The van der Waals surface area contributed by atoms with Crippen molar-refractivity contribution in [3.63, 3.8) is 0 Å². The summed E-state index contributed by atoms with van der Waals surface area (Å²) in [6, 6.07) is 11.7. The van der Waals surface area contributed by atoms with Crippen molar-refractivity contribution in [1.82, 2.24) is 4.98 Å². The summed E-state index contributed by atoms with van der Waals surface area (Å²) < 4.78 is 0. The second kappa shape index (κ2) is 5.43. The molecule has 0 saturated heterocycles. The standard InChI is InChI=1S/C13H13ClN2S/c1-9-12(15)6-7-13(16-9)17-8-10-2-4-11(14)5-3-10/h2-7H,8,15H2,1H3. The molecule has 0 spiro atoms. The van der Waals surface area contributed by atoms with Crippen molar-refractivity contribution in [2.24, 2.45) is 0 Å². The number of halogens is 1. The summed E-state index contributed by atoms with van der Waals surface area (Å²) in [6.07, 6.45) is 0. The molecule has 2 rings (SSSR count). The molecule has 0 fully saturated rings. The molecule has 0 unspecified atom stereocenters. The molecule has 0 saturated carbocycles. The van der Waals surface area contributed by atoms with Crippen molar-refractivity contribution < 1.29 is 0 Å². The van der Waals surface area contributed by atoms with Crippen LogP contribution >= 0.6 is 23.4 Å². The Balaban J connectivity index is 2.02. The van der Waals surface area contributed by atoms with Crippen LogP contribution in [0.2, 0.25) is 5.02 Å². The predicted molar refractivity (Wildman–Crippen MR) is 74.4 cm³/mol. The van der Waals surface area contributed by atoms with Gasteiger partial charge in [0.25, 0.3) is 0 Å². The van der Waals surface area contributed by atoms with Crippen molar-refractivity contribution in [2.45, 2.75) is 17.7 Å². The van der Waals surface area contributed by atoms with Crippen LogP contribution in [0.15, 0.2) is 41.4 Å². The smallest absolute Gasteiger partial charge is 0.0967 e. The second-order valence-corrected chi connectivity index (χ2v) is 5.17. The predicted octanol–water partition coefficient (Wildman–Crippen LogP) is 3.92. The Morgan fingerprint density at radius 3 is 2.53 bits per heavy atom. The first-order chi connectivity index (χ1) is 8.15. The summed E-state index contributed by atoms with van der Waals surface area (Å²) in [4.78, 5) is 4.42. The van der Waals surface area contributed by atoms with Gasteiger partial charge in [-0.3, -0.25) is 0 Å². The van der Waals surface area contributed by atoms with E-state index in [9.17, 15) is 0 Å². The Bertz CT molecular complexity index is 511. The van der Waals surface area contributed by atoms with Crippen LogP contribution < -0.4 is 5.73 Å². The topological polar surface area (TPSA) is 38.9 Å².